The molecule has 78 valence electrons. The van der Waals surface area contributed by atoms with Gasteiger partial charge in [-0.15, -0.1) is 0 Å². The van der Waals surface area contributed by atoms with Crippen molar-refractivity contribution in [3.05, 3.63) is 34.4 Å². The molecule has 0 bridgehead atoms. The van der Waals surface area contributed by atoms with Crippen LogP contribution in [0.5, 0.6) is 0 Å². The third kappa shape index (κ3) is 1.97. The van der Waals surface area contributed by atoms with Gasteiger partial charge in [0.15, 0.2) is 0 Å². The second-order valence-corrected chi connectivity index (χ2v) is 3.07. The summed E-state index contributed by atoms with van der Waals surface area (Å²) in [4.78, 5) is 11.4. The first-order valence-electron chi connectivity index (χ1n) is 4.46. The van der Waals surface area contributed by atoms with E-state index in [1.54, 1.807) is 19.1 Å². The minimum Gasteiger partial charge on any atom is -0.465 e. The lowest BCUT2D eigenvalue weighted by molar-refractivity contribution is 0.0600. The van der Waals surface area contributed by atoms with Crippen molar-refractivity contribution < 1.29 is 9.53 Å². The molecule has 0 atom stereocenters. The van der Waals surface area contributed by atoms with Crippen LogP contribution in [0.3, 0.4) is 0 Å². The maximum absolute atomic E-state index is 11.4. The minimum absolute atomic E-state index is 0.236. The highest BCUT2D eigenvalue weighted by atomic mass is 16.5. The van der Waals surface area contributed by atoms with Gasteiger partial charge in [0.1, 0.15) is 0 Å². The van der Waals surface area contributed by atoms with Gasteiger partial charge in [-0.25, -0.2) is 4.79 Å². The van der Waals surface area contributed by atoms with E-state index in [-0.39, 0.29) is 6.54 Å². The van der Waals surface area contributed by atoms with E-state index in [1.807, 2.05) is 6.07 Å². The number of carbonyl (C=O) groups is 1. The van der Waals surface area contributed by atoms with Crippen LogP contribution < -0.4 is 5.73 Å². The van der Waals surface area contributed by atoms with Crippen molar-refractivity contribution in [2.45, 2.75) is 13.5 Å². The van der Waals surface area contributed by atoms with E-state index in [4.69, 9.17) is 11.0 Å². The molecular formula is C11H12N2O2. The summed E-state index contributed by atoms with van der Waals surface area (Å²) < 4.78 is 4.63. The van der Waals surface area contributed by atoms with Crippen molar-refractivity contribution in [1.82, 2.24) is 0 Å². The number of rotatable bonds is 2. The average Bonchev–Trinajstić information content (AvgIpc) is 2.27. The molecule has 0 radical (unpaired) electrons. The number of nitrogens with two attached hydrogens (primary N) is 1. The zero-order valence-corrected chi connectivity index (χ0v) is 8.70. The van der Waals surface area contributed by atoms with Crippen LogP contribution in [0.15, 0.2) is 12.1 Å². The Hall–Kier alpha value is -1.86. The van der Waals surface area contributed by atoms with E-state index >= 15 is 0 Å². The predicted octanol–water partition coefficient (Wildman–Crippen LogP) is 1.11. The van der Waals surface area contributed by atoms with Crippen LogP contribution in [0, 0.1) is 18.3 Å². The first-order valence-corrected chi connectivity index (χ1v) is 4.46. The summed E-state index contributed by atoms with van der Waals surface area (Å²) in [6.07, 6.45) is 0. The van der Waals surface area contributed by atoms with Gasteiger partial charge in [-0.2, -0.15) is 5.26 Å². The highest BCUT2D eigenvalue weighted by Gasteiger charge is 2.14. The predicted molar refractivity (Wildman–Crippen MR) is 55.1 cm³/mol. The standard InChI is InChI=1S/C11H12N2O2/c1-7-9(11(14)15-2)4-3-8(5-12)10(7)6-13/h3-4H,6,13H2,1-2H3. The van der Waals surface area contributed by atoms with Crippen molar-refractivity contribution >= 4 is 5.97 Å². The van der Waals surface area contributed by atoms with Crippen molar-refractivity contribution in [2.24, 2.45) is 5.73 Å². The molecule has 1 aromatic rings. The van der Waals surface area contributed by atoms with Gasteiger partial charge in [0.2, 0.25) is 0 Å². The molecule has 4 heteroatoms. The molecule has 0 fully saturated rings. The van der Waals surface area contributed by atoms with Crippen LogP contribution in [0.2, 0.25) is 0 Å². The summed E-state index contributed by atoms with van der Waals surface area (Å²) in [5.41, 5.74) is 7.90. The Labute approximate surface area is 88.3 Å². The second kappa shape index (κ2) is 4.58. The first kappa shape index (κ1) is 11.2. The summed E-state index contributed by atoms with van der Waals surface area (Å²) in [7, 11) is 1.32. The normalized spacial score (nSPS) is 9.47. The number of nitrogens with zero attached hydrogens (tertiary/aromatic N) is 1. The van der Waals surface area contributed by atoms with E-state index in [1.165, 1.54) is 7.11 Å². The molecule has 0 saturated carbocycles. The minimum atomic E-state index is -0.410. The molecule has 0 unspecified atom stereocenters. The SMILES string of the molecule is COC(=O)c1ccc(C#N)c(CN)c1C. The number of methoxy groups -OCH3 is 1. The zero-order valence-electron chi connectivity index (χ0n) is 8.70. The third-order valence-electron chi connectivity index (χ3n) is 2.33. The van der Waals surface area contributed by atoms with Crippen LogP contribution in [-0.4, -0.2) is 13.1 Å². The van der Waals surface area contributed by atoms with E-state index in [0.717, 1.165) is 0 Å². The molecule has 15 heavy (non-hydrogen) atoms. The molecule has 0 aromatic heterocycles. The first-order chi connectivity index (χ1) is 7.15. The number of ether oxygens (including phenoxy) is 1. The van der Waals surface area contributed by atoms with E-state index in [9.17, 15) is 4.79 Å². The molecule has 2 N–H and O–H groups in total. The Bertz CT molecular complexity index is 433. The van der Waals surface area contributed by atoms with E-state index in [0.29, 0.717) is 22.3 Å². The topological polar surface area (TPSA) is 76.1 Å². The number of esters is 1. The molecular weight excluding hydrogens is 192 g/mol. The third-order valence-corrected chi connectivity index (χ3v) is 2.33. The van der Waals surface area contributed by atoms with Gasteiger partial charge in [0.05, 0.1) is 24.3 Å². The van der Waals surface area contributed by atoms with Crippen LogP contribution >= 0.6 is 0 Å². The van der Waals surface area contributed by atoms with Gasteiger partial charge in [-0.3, -0.25) is 0 Å². The van der Waals surface area contributed by atoms with E-state index in [2.05, 4.69) is 4.74 Å². The zero-order chi connectivity index (χ0) is 11.4. The van der Waals surface area contributed by atoms with Crippen LogP contribution in [0.4, 0.5) is 0 Å². The largest absolute Gasteiger partial charge is 0.465 e. The Kier molecular flexibility index (Phi) is 3.42. The number of hydrogen-bond donors (Lipinski definition) is 1. The highest BCUT2D eigenvalue weighted by Crippen LogP contribution is 2.18. The van der Waals surface area contributed by atoms with Crippen LogP contribution in [-0.2, 0) is 11.3 Å². The Morgan fingerprint density at radius 3 is 2.73 bits per heavy atom. The van der Waals surface area contributed by atoms with Gasteiger partial charge in [0, 0.05) is 6.54 Å². The summed E-state index contributed by atoms with van der Waals surface area (Å²) in [6.45, 7) is 1.99. The second-order valence-electron chi connectivity index (χ2n) is 3.07. The van der Waals surface area contributed by atoms with Gasteiger partial charge < -0.3 is 10.5 Å². The van der Waals surface area contributed by atoms with Crippen LogP contribution in [0.1, 0.15) is 27.0 Å². The summed E-state index contributed by atoms with van der Waals surface area (Å²) in [6, 6.07) is 5.21. The fourth-order valence-electron chi connectivity index (χ4n) is 1.46. The number of nitriles is 1. The maximum Gasteiger partial charge on any atom is 0.338 e. The lowest BCUT2D eigenvalue weighted by atomic mass is 9.97. The molecule has 0 heterocycles. The van der Waals surface area contributed by atoms with Gasteiger partial charge in [-0.1, -0.05) is 0 Å². The Morgan fingerprint density at radius 1 is 1.60 bits per heavy atom. The molecule has 1 aromatic carbocycles. The summed E-state index contributed by atoms with van der Waals surface area (Å²) in [5.74, 6) is -0.410. The van der Waals surface area contributed by atoms with E-state index < -0.39 is 5.97 Å². The molecule has 0 amide bonds. The summed E-state index contributed by atoms with van der Waals surface area (Å²) >= 11 is 0. The Morgan fingerprint density at radius 2 is 2.27 bits per heavy atom. The molecule has 0 aliphatic rings. The smallest absolute Gasteiger partial charge is 0.338 e. The summed E-state index contributed by atoms with van der Waals surface area (Å²) in [5, 5.41) is 8.84. The average molecular weight is 204 g/mol. The maximum atomic E-state index is 11.4. The fraction of sp³-hybridized carbons (Fsp3) is 0.273. The molecule has 0 aliphatic carbocycles. The van der Waals surface area contributed by atoms with Crippen molar-refractivity contribution in [1.29, 1.82) is 5.26 Å². The lowest BCUT2D eigenvalue weighted by Crippen LogP contribution is -2.09. The van der Waals surface area contributed by atoms with Gasteiger partial charge in [-0.05, 0) is 30.2 Å². The van der Waals surface area contributed by atoms with Gasteiger partial charge >= 0.3 is 5.97 Å². The quantitative estimate of drug-likeness (QED) is 0.732. The Balaban J connectivity index is 3.37. The molecule has 1 rings (SSSR count). The lowest BCUT2D eigenvalue weighted by Gasteiger charge is -2.09. The highest BCUT2D eigenvalue weighted by molar-refractivity contribution is 5.91. The van der Waals surface area contributed by atoms with Gasteiger partial charge in [0.25, 0.3) is 0 Å². The van der Waals surface area contributed by atoms with Crippen molar-refractivity contribution in [2.75, 3.05) is 7.11 Å². The molecule has 4 nitrogen and oxygen atoms in total. The molecule has 0 saturated heterocycles. The number of hydrogen-bond acceptors (Lipinski definition) is 4. The monoisotopic (exact) mass is 204 g/mol. The van der Waals surface area contributed by atoms with Crippen molar-refractivity contribution in [3.63, 3.8) is 0 Å². The van der Waals surface area contributed by atoms with Crippen LogP contribution in [0.25, 0.3) is 0 Å². The number of benzene rings is 1. The molecule has 0 aliphatic heterocycles. The molecule has 0 spiro atoms. The van der Waals surface area contributed by atoms with Crippen molar-refractivity contribution in [3.8, 4) is 6.07 Å². The number of carbonyl (C=O) groups excluding carboxylic acids is 1. The fourth-order valence-corrected chi connectivity index (χ4v) is 1.46.